The fourth-order valence-corrected chi connectivity index (χ4v) is 7.10. The Hall–Kier alpha value is -3.62. The number of nitrogens with zero attached hydrogens (tertiary/aromatic N) is 6. The van der Waals surface area contributed by atoms with E-state index in [0.29, 0.717) is 24.2 Å². The lowest BCUT2D eigenvalue weighted by Crippen LogP contribution is -2.48. The highest BCUT2D eigenvalue weighted by atomic mass is 16.5. The first-order valence-corrected chi connectivity index (χ1v) is 13.9. The van der Waals surface area contributed by atoms with Crippen molar-refractivity contribution in [3.63, 3.8) is 0 Å². The monoisotopic (exact) mass is 505 g/mol. The van der Waals surface area contributed by atoms with Crippen molar-refractivity contribution in [3.8, 4) is 22.4 Å². The summed E-state index contributed by atoms with van der Waals surface area (Å²) < 4.78 is 8.21. The van der Waals surface area contributed by atoms with Crippen molar-refractivity contribution < 1.29 is 4.74 Å². The molecule has 1 saturated carbocycles. The highest BCUT2D eigenvalue weighted by Gasteiger charge is 2.38. The number of nitrogens with one attached hydrogen (secondary N) is 1. The van der Waals surface area contributed by atoms with E-state index in [2.05, 4.69) is 48.9 Å². The summed E-state index contributed by atoms with van der Waals surface area (Å²) in [6.45, 7) is 2.23. The Morgan fingerprint density at radius 3 is 2.50 bits per heavy atom. The molecule has 6 heterocycles. The van der Waals surface area contributed by atoms with E-state index in [1.54, 1.807) is 0 Å². The third kappa shape index (κ3) is 3.66. The molecule has 8 nitrogen and oxygen atoms in total. The number of fused-ring (bicyclic) bond motifs is 4. The topological polar surface area (TPSA) is 84.2 Å². The lowest BCUT2D eigenvalue weighted by atomic mass is 9.83. The molecule has 8 rings (SSSR count). The SMILES string of the molecule is c1cc(-c2c(-c3ccncc3)nn3c(C4CCC(N5C[C@H]6CC[C@H](C5)O6)CC4)ccnc23)c2cn[nH]c2c1. The lowest BCUT2D eigenvalue weighted by molar-refractivity contribution is -0.0579. The molecule has 0 unspecified atom stereocenters. The molecular formula is C30H31N7O. The normalized spacial score (nSPS) is 25.9. The van der Waals surface area contributed by atoms with Crippen LogP contribution in [0.2, 0.25) is 0 Å². The molecule has 38 heavy (non-hydrogen) atoms. The van der Waals surface area contributed by atoms with Gasteiger partial charge in [-0.15, -0.1) is 0 Å². The van der Waals surface area contributed by atoms with E-state index in [1.807, 2.05) is 36.9 Å². The second-order valence-corrected chi connectivity index (χ2v) is 11.1. The first kappa shape index (κ1) is 22.4. The molecule has 4 aromatic heterocycles. The molecule has 3 fully saturated rings. The molecule has 0 amide bonds. The molecule has 2 saturated heterocycles. The zero-order chi connectivity index (χ0) is 25.1. The smallest absolute Gasteiger partial charge is 0.163 e. The Kier molecular flexibility index (Phi) is 5.29. The van der Waals surface area contributed by atoms with Crippen LogP contribution in [0.5, 0.6) is 0 Å². The summed E-state index contributed by atoms with van der Waals surface area (Å²) in [6, 6.07) is 13.2. The number of pyridine rings is 1. The van der Waals surface area contributed by atoms with Gasteiger partial charge in [0.1, 0.15) is 5.69 Å². The van der Waals surface area contributed by atoms with Crippen LogP contribution in [-0.4, -0.2) is 66.0 Å². The summed E-state index contributed by atoms with van der Waals surface area (Å²) in [6.07, 6.45) is 15.7. The third-order valence-electron chi connectivity index (χ3n) is 8.96. The maximum atomic E-state index is 6.09. The van der Waals surface area contributed by atoms with Gasteiger partial charge < -0.3 is 4.74 Å². The fraction of sp³-hybridized carbons (Fsp3) is 0.400. The summed E-state index contributed by atoms with van der Waals surface area (Å²) in [5, 5.41) is 13.7. The zero-order valence-corrected chi connectivity index (χ0v) is 21.3. The highest BCUT2D eigenvalue weighted by molar-refractivity contribution is 6.02. The molecule has 3 aliphatic rings. The quantitative estimate of drug-likeness (QED) is 0.360. The van der Waals surface area contributed by atoms with E-state index in [1.165, 1.54) is 44.2 Å². The van der Waals surface area contributed by atoms with E-state index >= 15 is 0 Å². The van der Waals surface area contributed by atoms with Crippen LogP contribution in [0.15, 0.2) is 61.2 Å². The number of aromatic nitrogens is 6. The maximum Gasteiger partial charge on any atom is 0.163 e. The van der Waals surface area contributed by atoms with E-state index in [4.69, 9.17) is 14.8 Å². The minimum Gasteiger partial charge on any atom is -0.372 e. The van der Waals surface area contributed by atoms with Crippen molar-refractivity contribution in [2.75, 3.05) is 13.1 Å². The zero-order valence-electron chi connectivity index (χ0n) is 21.3. The van der Waals surface area contributed by atoms with Gasteiger partial charge in [0, 0.05) is 60.3 Å². The van der Waals surface area contributed by atoms with Crippen molar-refractivity contribution in [1.29, 1.82) is 0 Å². The van der Waals surface area contributed by atoms with Gasteiger partial charge in [0.15, 0.2) is 5.65 Å². The lowest BCUT2D eigenvalue weighted by Gasteiger charge is -2.41. The van der Waals surface area contributed by atoms with Crippen LogP contribution in [0.1, 0.15) is 50.1 Å². The number of hydrogen-bond donors (Lipinski definition) is 1. The molecule has 0 spiro atoms. The number of ether oxygens (including phenoxy) is 1. The number of benzene rings is 1. The molecule has 1 N–H and O–H groups in total. The number of aromatic amines is 1. The molecule has 5 aromatic rings. The van der Waals surface area contributed by atoms with Crippen LogP contribution in [-0.2, 0) is 4.74 Å². The Labute approximate surface area is 221 Å². The van der Waals surface area contributed by atoms with Gasteiger partial charge in [-0.2, -0.15) is 10.2 Å². The van der Waals surface area contributed by atoms with Crippen LogP contribution >= 0.6 is 0 Å². The van der Waals surface area contributed by atoms with Gasteiger partial charge in [-0.25, -0.2) is 9.50 Å². The van der Waals surface area contributed by atoms with Gasteiger partial charge in [0.25, 0.3) is 0 Å². The summed E-state index contributed by atoms with van der Waals surface area (Å²) in [5.41, 5.74) is 7.27. The number of H-pyrrole nitrogens is 1. The largest absolute Gasteiger partial charge is 0.372 e. The first-order valence-electron chi connectivity index (χ1n) is 13.9. The van der Waals surface area contributed by atoms with Crippen LogP contribution < -0.4 is 0 Å². The Balaban J connectivity index is 1.18. The van der Waals surface area contributed by atoms with E-state index in [-0.39, 0.29) is 0 Å². The van der Waals surface area contributed by atoms with Crippen molar-refractivity contribution in [2.24, 2.45) is 0 Å². The standard InChI is InChI=1S/C30H31N7O/c1-2-24(25-16-33-34-26(25)3-1)28-29(20-10-13-31-14-11-20)35-37-27(12-15-32-30(28)37)19-4-6-21(7-5-19)36-17-22-8-9-23(18-36)38-22/h1-3,10-16,19,21-23H,4-9,17-18H2,(H,33,34)/t19?,21?,22-,23-/m1/s1. The molecular weight excluding hydrogens is 474 g/mol. The summed E-state index contributed by atoms with van der Waals surface area (Å²) in [7, 11) is 0. The van der Waals surface area contributed by atoms with E-state index in [0.717, 1.165) is 52.0 Å². The maximum absolute atomic E-state index is 6.09. The molecule has 2 atom stereocenters. The molecule has 192 valence electrons. The van der Waals surface area contributed by atoms with E-state index < -0.39 is 0 Å². The minimum atomic E-state index is 0.458. The van der Waals surface area contributed by atoms with Crippen molar-refractivity contribution in [2.45, 2.75) is 62.7 Å². The van der Waals surface area contributed by atoms with Gasteiger partial charge in [-0.05, 0) is 68.4 Å². The summed E-state index contributed by atoms with van der Waals surface area (Å²) in [4.78, 5) is 11.9. The Morgan fingerprint density at radius 2 is 1.68 bits per heavy atom. The van der Waals surface area contributed by atoms with Crippen molar-refractivity contribution >= 4 is 16.6 Å². The molecule has 1 aliphatic carbocycles. The first-order chi connectivity index (χ1) is 18.8. The predicted molar refractivity (Wildman–Crippen MR) is 146 cm³/mol. The average Bonchev–Trinajstić information content (AvgIpc) is 3.70. The fourth-order valence-electron chi connectivity index (χ4n) is 7.10. The summed E-state index contributed by atoms with van der Waals surface area (Å²) in [5.74, 6) is 0.470. The van der Waals surface area contributed by atoms with Gasteiger partial charge in [0.2, 0.25) is 0 Å². The molecule has 8 heteroatoms. The highest BCUT2D eigenvalue weighted by Crippen LogP contribution is 2.41. The molecule has 2 bridgehead atoms. The van der Waals surface area contributed by atoms with Crippen molar-refractivity contribution in [3.05, 3.63) is 66.9 Å². The second kappa shape index (κ2) is 8.99. The molecule has 2 aliphatic heterocycles. The minimum absolute atomic E-state index is 0.458. The van der Waals surface area contributed by atoms with Gasteiger partial charge in [0.05, 0.1) is 29.5 Å². The second-order valence-electron chi connectivity index (χ2n) is 11.1. The number of hydrogen-bond acceptors (Lipinski definition) is 6. The average molecular weight is 506 g/mol. The third-order valence-corrected chi connectivity index (χ3v) is 8.96. The molecule has 0 radical (unpaired) electrons. The predicted octanol–water partition coefficient (Wildman–Crippen LogP) is 5.22. The Bertz CT molecular complexity index is 1590. The van der Waals surface area contributed by atoms with Crippen LogP contribution in [0.25, 0.3) is 38.9 Å². The number of likely N-dealkylation sites (tertiary alicyclic amines) is 1. The van der Waals surface area contributed by atoms with E-state index in [9.17, 15) is 0 Å². The van der Waals surface area contributed by atoms with Crippen LogP contribution in [0.4, 0.5) is 0 Å². The Morgan fingerprint density at radius 1 is 0.868 bits per heavy atom. The molecule has 1 aromatic carbocycles. The number of rotatable bonds is 4. The van der Waals surface area contributed by atoms with Gasteiger partial charge in [-0.1, -0.05) is 12.1 Å². The van der Waals surface area contributed by atoms with Gasteiger partial charge >= 0.3 is 0 Å². The van der Waals surface area contributed by atoms with Crippen molar-refractivity contribution in [1.82, 2.24) is 34.7 Å². The van der Waals surface area contributed by atoms with Gasteiger partial charge in [-0.3, -0.25) is 15.0 Å². The summed E-state index contributed by atoms with van der Waals surface area (Å²) >= 11 is 0. The number of morpholine rings is 1. The van der Waals surface area contributed by atoms with Crippen LogP contribution in [0.3, 0.4) is 0 Å². The van der Waals surface area contributed by atoms with Crippen LogP contribution in [0, 0.1) is 0 Å².